The Hall–Kier alpha value is -1.62. The first-order valence-corrected chi connectivity index (χ1v) is 7.10. The second-order valence-corrected chi connectivity index (χ2v) is 6.04. The zero-order valence-electron chi connectivity index (χ0n) is 12.4. The smallest absolute Gasteiger partial charge is 0.231 e. The number of rotatable bonds is 3. The Bertz CT molecular complexity index is 494. The van der Waals surface area contributed by atoms with Gasteiger partial charge in [0.1, 0.15) is 0 Å². The number of aromatic nitrogens is 1. The molecule has 5 nitrogen and oxygen atoms in total. The zero-order chi connectivity index (χ0) is 14.8. The van der Waals surface area contributed by atoms with Crippen LogP contribution in [0, 0.1) is 18.3 Å². The van der Waals surface area contributed by atoms with Gasteiger partial charge in [-0.2, -0.15) is 0 Å². The molecule has 2 rings (SSSR count). The van der Waals surface area contributed by atoms with Gasteiger partial charge in [-0.25, -0.2) is 4.98 Å². The molecule has 1 saturated heterocycles. The highest BCUT2D eigenvalue weighted by Gasteiger charge is 2.37. The molecule has 0 bridgehead atoms. The van der Waals surface area contributed by atoms with E-state index in [0.717, 1.165) is 31.6 Å². The van der Waals surface area contributed by atoms with Crippen molar-refractivity contribution in [3.05, 3.63) is 17.8 Å². The van der Waals surface area contributed by atoms with E-state index in [0.29, 0.717) is 5.92 Å². The lowest BCUT2D eigenvalue weighted by atomic mass is 9.74. The molecule has 1 amide bonds. The van der Waals surface area contributed by atoms with Gasteiger partial charge in [0, 0.05) is 11.1 Å². The fourth-order valence-electron chi connectivity index (χ4n) is 2.56. The third-order valence-corrected chi connectivity index (χ3v) is 4.15. The molecule has 1 aliphatic heterocycles. The predicted molar refractivity (Wildman–Crippen MR) is 78.6 cm³/mol. The fraction of sp³-hybridized carbons (Fsp3) is 0.600. The van der Waals surface area contributed by atoms with Crippen LogP contribution in [0.1, 0.15) is 32.4 Å². The van der Waals surface area contributed by atoms with Gasteiger partial charge >= 0.3 is 0 Å². The van der Waals surface area contributed by atoms with Gasteiger partial charge in [-0.15, -0.1) is 0 Å². The van der Waals surface area contributed by atoms with Crippen molar-refractivity contribution in [1.82, 2.24) is 10.3 Å². The lowest BCUT2D eigenvalue weighted by molar-refractivity contribution is -0.127. The first kappa shape index (κ1) is 14.8. The van der Waals surface area contributed by atoms with E-state index in [1.54, 1.807) is 12.1 Å². The van der Waals surface area contributed by atoms with Crippen LogP contribution in [0.3, 0.4) is 0 Å². The molecular weight excluding hydrogens is 254 g/mol. The number of aromatic hydroxyl groups is 1. The largest absolute Gasteiger partial charge is 0.504 e. The molecule has 1 aromatic heterocycles. The van der Waals surface area contributed by atoms with Gasteiger partial charge in [-0.05, 0) is 50.9 Å². The summed E-state index contributed by atoms with van der Waals surface area (Å²) in [7, 11) is 0. The molecule has 0 aromatic carbocycles. The normalized spacial score (nSPS) is 19.6. The molecule has 20 heavy (non-hydrogen) atoms. The number of carbonyl (C=O) groups is 1. The first-order valence-electron chi connectivity index (χ1n) is 7.10. The minimum atomic E-state index is -0.495. The molecule has 110 valence electrons. The summed E-state index contributed by atoms with van der Waals surface area (Å²) in [6, 6.07) is 3.26. The van der Waals surface area contributed by atoms with Gasteiger partial charge in [0.05, 0.1) is 0 Å². The molecule has 1 fully saturated rings. The Kier molecular flexibility index (Phi) is 4.28. The lowest BCUT2D eigenvalue weighted by Crippen LogP contribution is -2.44. The first-order chi connectivity index (χ1) is 9.41. The van der Waals surface area contributed by atoms with E-state index in [-0.39, 0.29) is 17.5 Å². The van der Waals surface area contributed by atoms with Crippen molar-refractivity contribution in [3.63, 3.8) is 0 Å². The van der Waals surface area contributed by atoms with Crippen LogP contribution in [-0.4, -0.2) is 29.1 Å². The van der Waals surface area contributed by atoms with E-state index in [9.17, 15) is 9.90 Å². The molecule has 2 heterocycles. The van der Waals surface area contributed by atoms with Crippen LogP contribution >= 0.6 is 0 Å². The monoisotopic (exact) mass is 277 g/mol. The SMILES string of the molecule is Cc1ccc(O)c(NC(=O)C(C)(C)C2CCCNC2)n1. The third kappa shape index (κ3) is 3.10. The Balaban J connectivity index is 2.11. The summed E-state index contributed by atoms with van der Waals surface area (Å²) in [6.07, 6.45) is 2.13. The number of pyridine rings is 1. The van der Waals surface area contributed by atoms with Crippen LogP contribution in [0.15, 0.2) is 12.1 Å². The van der Waals surface area contributed by atoms with Crippen molar-refractivity contribution in [2.75, 3.05) is 18.4 Å². The zero-order valence-corrected chi connectivity index (χ0v) is 12.4. The van der Waals surface area contributed by atoms with Crippen LogP contribution in [-0.2, 0) is 4.79 Å². The van der Waals surface area contributed by atoms with Gasteiger partial charge in [-0.1, -0.05) is 13.8 Å². The number of carbonyl (C=O) groups excluding carboxylic acids is 1. The van der Waals surface area contributed by atoms with Gasteiger partial charge in [-0.3, -0.25) is 4.79 Å². The second kappa shape index (κ2) is 5.79. The van der Waals surface area contributed by atoms with E-state index in [2.05, 4.69) is 15.6 Å². The van der Waals surface area contributed by atoms with E-state index < -0.39 is 5.41 Å². The summed E-state index contributed by atoms with van der Waals surface area (Å²) < 4.78 is 0. The molecule has 1 atom stereocenters. The molecule has 0 saturated carbocycles. The van der Waals surface area contributed by atoms with E-state index in [4.69, 9.17) is 0 Å². The van der Waals surface area contributed by atoms with Gasteiger partial charge < -0.3 is 15.7 Å². The minimum absolute atomic E-state index is 0.00141. The number of piperidine rings is 1. The predicted octanol–water partition coefficient (Wildman–Crippen LogP) is 2.06. The van der Waals surface area contributed by atoms with Crippen LogP contribution in [0.4, 0.5) is 5.82 Å². The van der Waals surface area contributed by atoms with E-state index >= 15 is 0 Å². The number of hydrogen-bond acceptors (Lipinski definition) is 4. The Morgan fingerprint density at radius 3 is 2.90 bits per heavy atom. The summed E-state index contributed by atoms with van der Waals surface area (Å²) in [5.41, 5.74) is 0.265. The molecule has 1 aliphatic rings. The number of amides is 1. The summed E-state index contributed by atoms with van der Waals surface area (Å²) in [5.74, 6) is 0.441. The van der Waals surface area contributed by atoms with Crippen molar-refractivity contribution in [2.24, 2.45) is 11.3 Å². The highest BCUT2D eigenvalue weighted by atomic mass is 16.3. The topological polar surface area (TPSA) is 74.2 Å². The maximum atomic E-state index is 12.5. The highest BCUT2D eigenvalue weighted by molar-refractivity contribution is 5.95. The third-order valence-electron chi connectivity index (χ3n) is 4.15. The van der Waals surface area contributed by atoms with Gasteiger partial charge in [0.2, 0.25) is 5.91 Å². The van der Waals surface area contributed by atoms with Crippen molar-refractivity contribution in [1.29, 1.82) is 0 Å². The molecule has 0 spiro atoms. The number of nitrogens with zero attached hydrogens (tertiary/aromatic N) is 1. The Morgan fingerprint density at radius 2 is 2.25 bits per heavy atom. The summed E-state index contributed by atoms with van der Waals surface area (Å²) in [5, 5.41) is 15.9. The average Bonchev–Trinajstić information content (AvgIpc) is 2.43. The molecular formula is C15H23N3O2. The molecule has 0 aliphatic carbocycles. The molecule has 3 N–H and O–H groups in total. The van der Waals surface area contributed by atoms with Crippen LogP contribution in [0.5, 0.6) is 5.75 Å². The van der Waals surface area contributed by atoms with Crippen LogP contribution < -0.4 is 10.6 Å². The number of nitrogens with one attached hydrogen (secondary N) is 2. The van der Waals surface area contributed by atoms with Crippen molar-refractivity contribution in [3.8, 4) is 5.75 Å². The Labute approximate surface area is 119 Å². The molecule has 1 aromatic rings. The lowest BCUT2D eigenvalue weighted by Gasteiger charge is -2.35. The second-order valence-electron chi connectivity index (χ2n) is 6.04. The van der Waals surface area contributed by atoms with E-state index in [1.807, 2.05) is 20.8 Å². The van der Waals surface area contributed by atoms with E-state index in [1.165, 1.54) is 0 Å². The summed E-state index contributed by atoms with van der Waals surface area (Å²) >= 11 is 0. The van der Waals surface area contributed by atoms with Crippen molar-refractivity contribution in [2.45, 2.75) is 33.6 Å². The van der Waals surface area contributed by atoms with Crippen molar-refractivity contribution >= 4 is 11.7 Å². The maximum absolute atomic E-state index is 12.5. The highest BCUT2D eigenvalue weighted by Crippen LogP contribution is 2.33. The summed E-state index contributed by atoms with van der Waals surface area (Å²) in [4.78, 5) is 16.7. The number of hydrogen-bond donors (Lipinski definition) is 3. The van der Waals surface area contributed by atoms with Crippen LogP contribution in [0.2, 0.25) is 0 Å². The minimum Gasteiger partial charge on any atom is -0.504 e. The fourth-order valence-corrected chi connectivity index (χ4v) is 2.56. The number of aryl methyl sites for hydroxylation is 1. The van der Waals surface area contributed by atoms with Crippen LogP contribution in [0.25, 0.3) is 0 Å². The van der Waals surface area contributed by atoms with Gasteiger partial charge in [0.15, 0.2) is 11.6 Å². The molecule has 1 unspecified atom stereocenters. The average molecular weight is 277 g/mol. The maximum Gasteiger partial charge on any atom is 0.231 e. The Morgan fingerprint density at radius 1 is 1.50 bits per heavy atom. The van der Waals surface area contributed by atoms with Gasteiger partial charge in [0.25, 0.3) is 0 Å². The summed E-state index contributed by atoms with van der Waals surface area (Å²) in [6.45, 7) is 7.60. The molecule has 0 radical (unpaired) electrons. The number of anilines is 1. The quantitative estimate of drug-likeness (QED) is 0.790. The van der Waals surface area contributed by atoms with Crippen molar-refractivity contribution < 1.29 is 9.90 Å². The standard InChI is InChI=1S/C15H23N3O2/c1-10-6-7-12(19)13(17-10)18-14(20)15(2,3)11-5-4-8-16-9-11/h6-7,11,16,19H,4-5,8-9H2,1-3H3,(H,17,18,20). The molecule has 5 heteroatoms.